The minimum atomic E-state index is 0.619. The lowest BCUT2D eigenvalue weighted by atomic mass is 10.2. The summed E-state index contributed by atoms with van der Waals surface area (Å²) in [6.45, 7) is 0. The molecule has 4 nitrogen and oxygen atoms in total. The molecule has 1 N–H and O–H groups in total. The summed E-state index contributed by atoms with van der Waals surface area (Å²) in [4.78, 5) is 8.81. The van der Waals surface area contributed by atoms with E-state index in [9.17, 15) is 0 Å². The molecular formula is C10H10N2O2. The standard InChI is InChI=1S/C10H10N2O2/c1-13-12-9-4-2-8(3-5-9)10-11-6-7-14-10/h2-7,12H,1H3. The highest BCUT2D eigenvalue weighted by Gasteiger charge is 2.00. The SMILES string of the molecule is CONc1ccc(-c2ncco2)cc1. The Hall–Kier alpha value is -1.81. The molecule has 0 aliphatic carbocycles. The normalized spacial score (nSPS) is 10.1. The molecule has 2 rings (SSSR count). The van der Waals surface area contributed by atoms with Crippen molar-refractivity contribution in [1.29, 1.82) is 0 Å². The van der Waals surface area contributed by atoms with Crippen LogP contribution in [0.25, 0.3) is 11.5 Å². The largest absolute Gasteiger partial charge is 0.445 e. The molecule has 2 aromatic rings. The molecule has 0 saturated carbocycles. The van der Waals surface area contributed by atoms with Crippen molar-refractivity contribution in [3.05, 3.63) is 36.7 Å². The highest BCUT2D eigenvalue weighted by atomic mass is 16.6. The first-order valence-corrected chi connectivity index (χ1v) is 4.19. The van der Waals surface area contributed by atoms with Crippen LogP contribution in [0.3, 0.4) is 0 Å². The molecule has 14 heavy (non-hydrogen) atoms. The van der Waals surface area contributed by atoms with Gasteiger partial charge in [-0.3, -0.25) is 10.3 Å². The van der Waals surface area contributed by atoms with Gasteiger partial charge in [-0.1, -0.05) is 0 Å². The topological polar surface area (TPSA) is 47.3 Å². The maximum atomic E-state index is 5.16. The molecule has 0 spiro atoms. The number of nitrogens with one attached hydrogen (secondary N) is 1. The van der Waals surface area contributed by atoms with Gasteiger partial charge in [0.2, 0.25) is 5.89 Å². The molecule has 72 valence electrons. The predicted octanol–water partition coefficient (Wildman–Crippen LogP) is 2.31. The molecule has 4 heteroatoms. The van der Waals surface area contributed by atoms with Crippen molar-refractivity contribution in [2.24, 2.45) is 0 Å². The van der Waals surface area contributed by atoms with E-state index in [0.717, 1.165) is 11.3 Å². The average molecular weight is 190 g/mol. The lowest BCUT2D eigenvalue weighted by Crippen LogP contribution is -1.94. The van der Waals surface area contributed by atoms with Gasteiger partial charge < -0.3 is 4.42 Å². The van der Waals surface area contributed by atoms with Crippen molar-refractivity contribution in [1.82, 2.24) is 4.98 Å². The van der Waals surface area contributed by atoms with Crippen LogP contribution in [-0.2, 0) is 4.84 Å². The molecule has 0 saturated heterocycles. The Morgan fingerprint density at radius 2 is 2.07 bits per heavy atom. The fourth-order valence-corrected chi connectivity index (χ4v) is 1.16. The molecule has 0 amide bonds. The fourth-order valence-electron chi connectivity index (χ4n) is 1.16. The Morgan fingerprint density at radius 3 is 2.64 bits per heavy atom. The quantitative estimate of drug-likeness (QED) is 0.754. The second-order valence-electron chi connectivity index (χ2n) is 2.72. The molecule has 1 heterocycles. The Labute approximate surface area is 81.5 Å². The van der Waals surface area contributed by atoms with Gasteiger partial charge in [-0.2, -0.15) is 0 Å². The van der Waals surface area contributed by atoms with E-state index in [-0.39, 0.29) is 0 Å². The number of oxazole rings is 1. The number of aromatic nitrogens is 1. The summed E-state index contributed by atoms with van der Waals surface area (Å²) in [6.07, 6.45) is 3.17. The lowest BCUT2D eigenvalue weighted by Gasteiger charge is -2.02. The first kappa shape index (κ1) is 8.77. The minimum Gasteiger partial charge on any atom is -0.445 e. The molecule has 0 aliphatic rings. The third-order valence-corrected chi connectivity index (χ3v) is 1.78. The van der Waals surface area contributed by atoms with Crippen molar-refractivity contribution in [2.75, 3.05) is 12.6 Å². The predicted molar refractivity (Wildman–Crippen MR) is 52.6 cm³/mol. The fraction of sp³-hybridized carbons (Fsp3) is 0.100. The third kappa shape index (κ3) is 1.75. The Balaban J connectivity index is 2.22. The molecule has 0 fully saturated rings. The van der Waals surface area contributed by atoms with Gasteiger partial charge in [-0.25, -0.2) is 4.98 Å². The zero-order valence-electron chi connectivity index (χ0n) is 7.73. The Morgan fingerprint density at radius 1 is 1.29 bits per heavy atom. The van der Waals surface area contributed by atoms with E-state index >= 15 is 0 Å². The lowest BCUT2D eigenvalue weighted by molar-refractivity contribution is 0.271. The summed E-state index contributed by atoms with van der Waals surface area (Å²) in [6, 6.07) is 7.60. The van der Waals surface area contributed by atoms with Gasteiger partial charge in [-0.15, -0.1) is 0 Å². The number of rotatable bonds is 3. The number of nitrogens with zero attached hydrogens (tertiary/aromatic N) is 1. The van der Waals surface area contributed by atoms with Gasteiger partial charge >= 0.3 is 0 Å². The summed E-state index contributed by atoms with van der Waals surface area (Å²) < 4.78 is 5.16. The van der Waals surface area contributed by atoms with Crippen LogP contribution in [0.2, 0.25) is 0 Å². The van der Waals surface area contributed by atoms with Crippen LogP contribution in [0, 0.1) is 0 Å². The second-order valence-corrected chi connectivity index (χ2v) is 2.72. The van der Waals surface area contributed by atoms with Crippen molar-refractivity contribution in [3.63, 3.8) is 0 Å². The van der Waals surface area contributed by atoms with Crippen molar-refractivity contribution >= 4 is 5.69 Å². The van der Waals surface area contributed by atoms with E-state index in [4.69, 9.17) is 9.25 Å². The van der Waals surface area contributed by atoms with Gasteiger partial charge in [0.1, 0.15) is 6.26 Å². The molecule has 0 unspecified atom stereocenters. The average Bonchev–Trinajstić information content (AvgIpc) is 2.72. The van der Waals surface area contributed by atoms with E-state index in [2.05, 4.69) is 10.5 Å². The summed E-state index contributed by atoms with van der Waals surface area (Å²) in [7, 11) is 1.57. The Kier molecular flexibility index (Phi) is 2.46. The number of hydrogen-bond acceptors (Lipinski definition) is 4. The van der Waals surface area contributed by atoms with Crippen LogP contribution in [0.5, 0.6) is 0 Å². The highest BCUT2D eigenvalue weighted by molar-refractivity contribution is 5.57. The molecular weight excluding hydrogens is 180 g/mol. The van der Waals surface area contributed by atoms with Gasteiger partial charge in [0.05, 0.1) is 19.0 Å². The number of benzene rings is 1. The van der Waals surface area contributed by atoms with Crippen LogP contribution >= 0.6 is 0 Å². The maximum absolute atomic E-state index is 5.16. The van der Waals surface area contributed by atoms with E-state index in [0.29, 0.717) is 5.89 Å². The maximum Gasteiger partial charge on any atom is 0.225 e. The van der Waals surface area contributed by atoms with Crippen LogP contribution in [0.1, 0.15) is 0 Å². The Bertz CT molecular complexity index is 381. The van der Waals surface area contributed by atoms with Crippen LogP contribution in [0.4, 0.5) is 5.69 Å². The molecule has 1 aromatic carbocycles. The summed E-state index contributed by atoms with van der Waals surface area (Å²) in [5.74, 6) is 0.619. The van der Waals surface area contributed by atoms with E-state index in [1.165, 1.54) is 0 Å². The number of anilines is 1. The van der Waals surface area contributed by atoms with Crippen molar-refractivity contribution in [2.45, 2.75) is 0 Å². The van der Waals surface area contributed by atoms with Gasteiger partial charge in [0, 0.05) is 5.56 Å². The van der Waals surface area contributed by atoms with E-state index in [1.54, 1.807) is 19.6 Å². The zero-order chi connectivity index (χ0) is 9.80. The van der Waals surface area contributed by atoms with Crippen LogP contribution in [0.15, 0.2) is 41.1 Å². The third-order valence-electron chi connectivity index (χ3n) is 1.78. The molecule has 0 radical (unpaired) electrons. The monoisotopic (exact) mass is 190 g/mol. The first-order valence-electron chi connectivity index (χ1n) is 4.19. The van der Waals surface area contributed by atoms with Crippen LogP contribution in [-0.4, -0.2) is 12.1 Å². The summed E-state index contributed by atoms with van der Waals surface area (Å²) >= 11 is 0. The highest BCUT2D eigenvalue weighted by Crippen LogP contribution is 2.19. The van der Waals surface area contributed by atoms with Crippen LogP contribution < -0.4 is 5.48 Å². The first-order chi connectivity index (χ1) is 6.90. The molecule has 0 bridgehead atoms. The number of hydrogen-bond donors (Lipinski definition) is 1. The molecule has 0 aliphatic heterocycles. The summed E-state index contributed by atoms with van der Waals surface area (Å²) in [5.41, 5.74) is 4.56. The van der Waals surface area contributed by atoms with Crippen molar-refractivity contribution < 1.29 is 9.25 Å². The van der Waals surface area contributed by atoms with E-state index in [1.807, 2.05) is 24.3 Å². The minimum absolute atomic E-state index is 0.619. The second kappa shape index (κ2) is 3.93. The van der Waals surface area contributed by atoms with Gasteiger partial charge in [0.15, 0.2) is 0 Å². The zero-order valence-corrected chi connectivity index (χ0v) is 7.73. The van der Waals surface area contributed by atoms with Gasteiger partial charge in [0.25, 0.3) is 0 Å². The summed E-state index contributed by atoms with van der Waals surface area (Å²) in [5, 5.41) is 0. The van der Waals surface area contributed by atoms with E-state index < -0.39 is 0 Å². The van der Waals surface area contributed by atoms with Crippen molar-refractivity contribution in [3.8, 4) is 11.5 Å². The smallest absolute Gasteiger partial charge is 0.225 e. The molecule has 1 aromatic heterocycles. The van der Waals surface area contributed by atoms with Gasteiger partial charge in [-0.05, 0) is 24.3 Å². The molecule has 0 atom stereocenters.